The van der Waals surface area contributed by atoms with Crippen LogP contribution < -0.4 is 11.1 Å². The van der Waals surface area contributed by atoms with E-state index >= 15 is 0 Å². The molecule has 0 amide bonds. The summed E-state index contributed by atoms with van der Waals surface area (Å²) in [7, 11) is 1.92. The van der Waals surface area contributed by atoms with E-state index in [0.29, 0.717) is 17.4 Å². The van der Waals surface area contributed by atoms with Gasteiger partial charge in [-0.05, 0) is 65.8 Å². The summed E-state index contributed by atoms with van der Waals surface area (Å²) in [6.45, 7) is 4.24. The minimum absolute atomic E-state index is 0.315. The molecule has 6 aromatic rings. The van der Waals surface area contributed by atoms with Crippen LogP contribution in [0.2, 0.25) is 0 Å². The largest absolute Gasteiger partial charge is 0.388 e. The van der Waals surface area contributed by atoms with Crippen LogP contribution in [-0.4, -0.2) is 28.7 Å². The number of nitrogens with zero attached hydrogens (tertiary/aromatic N) is 4. The summed E-state index contributed by atoms with van der Waals surface area (Å²) in [6.07, 6.45) is 10.5. The number of hydrogen-bond donors (Lipinski definition) is 2. The fraction of sp³-hybridized carbons (Fsp3) is 0.0698. The van der Waals surface area contributed by atoms with Crippen LogP contribution in [0.1, 0.15) is 35.2 Å². The van der Waals surface area contributed by atoms with E-state index in [9.17, 15) is 0 Å². The molecule has 2 heterocycles. The average Bonchev–Trinajstić information content (AvgIpc) is 3.18. The molecule has 6 nitrogen and oxygen atoms in total. The number of aliphatic imine (C=N–C) groups is 2. The number of rotatable bonds is 8. The molecule has 0 fully saturated rings. The van der Waals surface area contributed by atoms with Crippen LogP contribution >= 0.6 is 0 Å². The summed E-state index contributed by atoms with van der Waals surface area (Å²) in [5.41, 5.74) is 16.4. The van der Waals surface area contributed by atoms with Gasteiger partial charge >= 0.3 is 0 Å². The fourth-order valence-corrected chi connectivity index (χ4v) is 5.83. The lowest BCUT2D eigenvalue weighted by atomic mass is 9.98. The summed E-state index contributed by atoms with van der Waals surface area (Å²) in [5.74, 6) is 0.784. The van der Waals surface area contributed by atoms with Gasteiger partial charge in [-0.25, -0.2) is 15.0 Å². The Bertz CT molecular complexity index is 2280. The number of anilines is 1. The SMILES string of the molecule is C=C(N=C(N=C(N)c1cc(-c2cc3ccccc3cn2)cc(-c2cc(NC)cc(C3=CCCC=C3)n2)c1)c1ccccc1)c1ccccc1. The van der Waals surface area contributed by atoms with Crippen LogP contribution in [0.3, 0.4) is 0 Å². The highest BCUT2D eigenvalue weighted by Crippen LogP contribution is 2.32. The topological polar surface area (TPSA) is 88.5 Å². The van der Waals surface area contributed by atoms with E-state index in [-0.39, 0.29) is 0 Å². The Labute approximate surface area is 286 Å². The molecule has 0 aliphatic heterocycles. The van der Waals surface area contributed by atoms with Crippen molar-refractivity contribution in [1.82, 2.24) is 9.97 Å². The molecule has 238 valence electrons. The lowest BCUT2D eigenvalue weighted by molar-refractivity contribution is 1.04. The van der Waals surface area contributed by atoms with Crippen molar-refractivity contribution >= 4 is 39.4 Å². The first-order valence-electron chi connectivity index (χ1n) is 16.3. The summed E-state index contributed by atoms with van der Waals surface area (Å²) < 4.78 is 0. The van der Waals surface area contributed by atoms with Gasteiger partial charge in [0.15, 0.2) is 5.84 Å². The normalized spacial score (nSPS) is 13.3. The molecule has 6 heteroatoms. The van der Waals surface area contributed by atoms with Crippen LogP contribution in [0.5, 0.6) is 0 Å². The second-order valence-corrected chi connectivity index (χ2v) is 11.8. The third-order valence-corrected chi connectivity index (χ3v) is 8.46. The smallest absolute Gasteiger partial charge is 0.162 e. The van der Waals surface area contributed by atoms with Gasteiger partial charge in [0.05, 0.1) is 22.8 Å². The summed E-state index contributed by atoms with van der Waals surface area (Å²) in [4.78, 5) is 19.8. The molecular weight excluding hydrogens is 601 g/mol. The van der Waals surface area contributed by atoms with E-state index in [1.54, 1.807) is 0 Å². The molecule has 7 rings (SSSR count). The number of aromatic nitrogens is 2. The van der Waals surface area contributed by atoms with Crippen molar-refractivity contribution < 1.29 is 0 Å². The number of allylic oxidation sites excluding steroid dienone is 4. The number of nitrogens with one attached hydrogen (secondary N) is 1. The van der Waals surface area contributed by atoms with Crippen molar-refractivity contribution in [3.63, 3.8) is 0 Å². The number of fused-ring (bicyclic) bond motifs is 1. The van der Waals surface area contributed by atoms with Crippen molar-refractivity contribution in [1.29, 1.82) is 0 Å². The Morgan fingerprint density at radius 2 is 1.37 bits per heavy atom. The molecule has 0 bridgehead atoms. The van der Waals surface area contributed by atoms with Gasteiger partial charge in [-0.15, -0.1) is 0 Å². The molecule has 4 aromatic carbocycles. The summed E-state index contributed by atoms with van der Waals surface area (Å²) >= 11 is 0. The van der Waals surface area contributed by atoms with Gasteiger partial charge in [0, 0.05) is 46.6 Å². The first-order chi connectivity index (χ1) is 24.0. The van der Waals surface area contributed by atoms with Crippen LogP contribution in [0.15, 0.2) is 162 Å². The molecule has 3 N–H and O–H groups in total. The van der Waals surface area contributed by atoms with Crippen LogP contribution in [0.25, 0.3) is 44.6 Å². The van der Waals surface area contributed by atoms with Crippen molar-refractivity contribution in [3.05, 3.63) is 175 Å². The molecule has 0 atom stereocenters. The molecule has 0 saturated carbocycles. The standard InChI is InChI=1S/C43H36N6/c1-29(30-14-6-3-7-15-30)47-43(32-18-10-5-11-19-32)49-42(44)37-23-35(39-25-33-20-12-13-21-34(33)28-46-39)22-36(24-37)41-27-38(45-2)26-40(48-41)31-16-8-4-9-17-31/h3,5-8,10-28H,1,4,9H2,2H3,(H,45,48)(H2,44,47,49). The molecule has 49 heavy (non-hydrogen) atoms. The van der Waals surface area contributed by atoms with E-state index in [4.69, 9.17) is 25.7 Å². The van der Waals surface area contributed by atoms with Gasteiger partial charge in [-0.2, -0.15) is 0 Å². The van der Waals surface area contributed by atoms with Gasteiger partial charge in [-0.3, -0.25) is 4.98 Å². The summed E-state index contributed by atoms with van der Waals surface area (Å²) in [5, 5.41) is 5.50. The van der Waals surface area contributed by atoms with Gasteiger partial charge in [0.25, 0.3) is 0 Å². The Hall–Kier alpha value is -6.40. The molecule has 0 unspecified atom stereocenters. The maximum atomic E-state index is 6.90. The second kappa shape index (κ2) is 14.2. The quantitative estimate of drug-likeness (QED) is 0.129. The number of benzene rings is 4. The molecule has 2 aromatic heterocycles. The van der Waals surface area contributed by atoms with Gasteiger partial charge in [0.1, 0.15) is 5.84 Å². The zero-order chi connectivity index (χ0) is 33.6. The molecule has 1 aliphatic carbocycles. The van der Waals surface area contributed by atoms with Gasteiger partial charge < -0.3 is 11.1 Å². The van der Waals surface area contributed by atoms with Crippen molar-refractivity contribution in [2.24, 2.45) is 15.7 Å². The number of pyridine rings is 2. The fourth-order valence-electron chi connectivity index (χ4n) is 5.83. The molecule has 0 radical (unpaired) electrons. The van der Waals surface area contributed by atoms with E-state index in [1.807, 2.05) is 98.2 Å². The average molecular weight is 637 g/mol. The van der Waals surface area contributed by atoms with Crippen molar-refractivity contribution in [2.45, 2.75) is 12.8 Å². The molecule has 1 aliphatic rings. The highest BCUT2D eigenvalue weighted by Gasteiger charge is 2.15. The van der Waals surface area contributed by atoms with Gasteiger partial charge in [0.2, 0.25) is 0 Å². The minimum atomic E-state index is 0.315. The molecule has 0 saturated heterocycles. The first kappa shape index (κ1) is 31.2. The third kappa shape index (κ3) is 7.14. The monoisotopic (exact) mass is 636 g/mol. The van der Waals surface area contributed by atoms with Crippen LogP contribution in [0, 0.1) is 0 Å². The van der Waals surface area contributed by atoms with E-state index in [2.05, 4.69) is 66.5 Å². The number of nitrogens with two attached hydrogens (primary N) is 1. The van der Waals surface area contributed by atoms with Crippen molar-refractivity contribution in [2.75, 3.05) is 12.4 Å². The maximum absolute atomic E-state index is 6.90. The Morgan fingerprint density at radius 3 is 2.08 bits per heavy atom. The predicted octanol–water partition coefficient (Wildman–Crippen LogP) is 9.56. The lowest BCUT2D eigenvalue weighted by Gasteiger charge is -2.14. The first-order valence-corrected chi connectivity index (χ1v) is 16.3. The lowest BCUT2D eigenvalue weighted by Crippen LogP contribution is -2.17. The Kier molecular flexibility index (Phi) is 9.02. The predicted molar refractivity (Wildman–Crippen MR) is 205 cm³/mol. The van der Waals surface area contributed by atoms with Gasteiger partial charge in [-0.1, -0.05) is 110 Å². The highest BCUT2D eigenvalue weighted by molar-refractivity contribution is 6.12. The third-order valence-electron chi connectivity index (χ3n) is 8.46. The zero-order valence-corrected chi connectivity index (χ0v) is 27.3. The molecule has 0 spiro atoms. The Morgan fingerprint density at radius 1 is 0.694 bits per heavy atom. The number of hydrogen-bond acceptors (Lipinski definition) is 4. The summed E-state index contributed by atoms with van der Waals surface area (Å²) in [6, 6.07) is 40.3. The zero-order valence-electron chi connectivity index (χ0n) is 27.3. The Balaban J connectivity index is 1.39. The minimum Gasteiger partial charge on any atom is -0.388 e. The van der Waals surface area contributed by atoms with E-state index < -0.39 is 0 Å². The second-order valence-electron chi connectivity index (χ2n) is 11.8. The maximum Gasteiger partial charge on any atom is 0.162 e. The van der Waals surface area contributed by atoms with Crippen LogP contribution in [0.4, 0.5) is 5.69 Å². The van der Waals surface area contributed by atoms with Crippen molar-refractivity contribution in [3.8, 4) is 22.5 Å². The van der Waals surface area contributed by atoms with E-state index in [0.717, 1.165) is 79.8 Å². The molecular formula is C43H36N6. The number of amidine groups is 2. The highest BCUT2D eigenvalue weighted by atomic mass is 15.0. The van der Waals surface area contributed by atoms with Crippen LogP contribution in [-0.2, 0) is 0 Å². The van der Waals surface area contributed by atoms with E-state index in [1.165, 1.54) is 0 Å².